The maximum atomic E-state index is 12.8. The first-order chi connectivity index (χ1) is 13.9. The number of allylic oxidation sites excluding steroid dienone is 2. The minimum Gasteiger partial charge on any atom is -0.458 e. The van der Waals surface area contributed by atoms with Crippen molar-refractivity contribution in [3.63, 3.8) is 0 Å². The summed E-state index contributed by atoms with van der Waals surface area (Å²) in [6.45, 7) is 14.4. The number of hydrogen-bond donors (Lipinski definition) is 0. The number of carbonyl (C=O) groups excluding carboxylic acids is 3. The average molecular weight is 418 g/mol. The van der Waals surface area contributed by atoms with Gasteiger partial charge in [0.25, 0.3) is 0 Å². The molecule has 3 aliphatic rings. The summed E-state index contributed by atoms with van der Waals surface area (Å²) in [5.74, 6) is -2.69. The number of rotatable bonds is 2. The Balaban J connectivity index is 2.09. The third-order valence-corrected chi connectivity index (χ3v) is 6.09. The molecule has 164 valence electrons. The van der Waals surface area contributed by atoms with Gasteiger partial charge in [-0.3, -0.25) is 4.79 Å². The van der Waals surface area contributed by atoms with Crippen molar-refractivity contribution < 1.29 is 33.3 Å². The van der Waals surface area contributed by atoms with Gasteiger partial charge >= 0.3 is 11.9 Å². The van der Waals surface area contributed by atoms with Crippen molar-refractivity contribution in [2.75, 3.05) is 0 Å². The van der Waals surface area contributed by atoms with Gasteiger partial charge in [0, 0.05) is 24.0 Å². The summed E-state index contributed by atoms with van der Waals surface area (Å²) in [7, 11) is 0. The molecule has 0 bridgehead atoms. The molecule has 2 heterocycles. The summed E-state index contributed by atoms with van der Waals surface area (Å²) in [5.41, 5.74) is 0.209. The van der Waals surface area contributed by atoms with Crippen LogP contribution >= 0.6 is 0 Å². The Kier molecular flexibility index (Phi) is 5.82. The molecular weight excluding hydrogens is 388 g/mol. The standard InChI is InChI=1S/C23H30O7/c1-8-12(2)20(25)28-17-11-23(7)18(29-22(5,6)30-23)10-15(24)13(3)9-16-19(17)14(4)21(26)27-16/h8-9,16-19H,4,10-11H2,1-3,5-7H3/b12-8+,13-9-. The molecule has 0 aromatic heterocycles. The lowest BCUT2D eigenvalue weighted by molar-refractivity contribution is -0.171. The minimum absolute atomic E-state index is 0.111. The smallest absolute Gasteiger partial charge is 0.334 e. The summed E-state index contributed by atoms with van der Waals surface area (Å²) in [4.78, 5) is 37.7. The fourth-order valence-corrected chi connectivity index (χ4v) is 4.39. The van der Waals surface area contributed by atoms with E-state index in [1.165, 1.54) is 0 Å². The van der Waals surface area contributed by atoms with Gasteiger partial charge in [-0.1, -0.05) is 12.7 Å². The van der Waals surface area contributed by atoms with Crippen LogP contribution in [0.4, 0.5) is 0 Å². The zero-order valence-corrected chi connectivity index (χ0v) is 18.4. The van der Waals surface area contributed by atoms with Crippen LogP contribution in [0.2, 0.25) is 0 Å². The van der Waals surface area contributed by atoms with Crippen molar-refractivity contribution in [3.8, 4) is 0 Å². The van der Waals surface area contributed by atoms with Crippen LogP contribution in [0.5, 0.6) is 0 Å². The molecule has 2 aliphatic heterocycles. The number of hydrogen-bond acceptors (Lipinski definition) is 7. The Bertz CT molecular complexity index is 850. The van der Waals surface area contributed by atoms with E-state index in [4.69, 9.17) is 18.9 Å². The van der Waals surface area contributed by atoms with Crippen LogP contribution in [-0.2, 0) is 33.3 Å². The van der Waals surface area contributed by atoms with Crippen LogP contribution < -0.4 is 0 Å². The molecule has 0 aromatic carbocycles. The Morgan fingerprint density at radius 3 is 2.60 bits per heavy atom. The molecule has 2 saturated heterocycles. The Morgan fingerprint density at radius 1 is 1.30 bits per heavy atom. The van der Waals surface area contributed by atoms with Gasteiger partial charge in [-0.25, -0.2) is 9.59 Å². The lowest BCUT2D eigenvalue weighted by Crippen LogP contribution is -2.46. The van der Waals surface area contributed by atoms with Crippen molar-refractivity contribution in [2.24, 2.45) is 5.92 Å². The number of carbonyl (C=O) groups is 3. The average Bonchev–Trinajstić information content (AvgIpc) is 3.04. The highest BCUT2D eigenvalue weighted by Gasteiger charge is 2.55. The van der Waals surface area contributed by atoms with E-state index < -0.39 is 47.6 Å². The van der Waals surface area contributed by atoms with Crippen LogP contribution in [0.15, 0.2) is 35.5 Å². The highest BCUT2D eigenvalue weighted by atomic mass is 16.8. The van der Waals surface area contributed by atoms with Crippen molar-refractivity contribution in [1.29, 1.82) is 0 Å². The third-order valence-electron chi connectivity index (χ3n) is 6.09. The van der Waals surface area contributed by atoms with Crippen LogP contribution in [0.1, 0.15) is 54.4 Å². The highest BCUT2D eigenvalue weighted by molar-refractivity contribution is 5.96. The largest absolute Gasteiger partial charge is 0.458 e. The van der Waals surface area contributed by atoms with Gasteiger partial charge in [0.15, 0.2) is 11.6 Å². The van der Waals surface area contributed by atoms with Gasteiger partial charge in [0.05, 0.1) is 17.6 Å². The molecular formula is C23H30O7. The zero-order valence-electron chi connectivity index (χ0n) is 18.4. The second-order valence-electron chi connectivity index (χ2n) is 8.94. The molecule has 7 nitrogen and oxygen atoms in total. The Labute approximate surface area is 177 Å². The molecule has 30 heavy (non-hydrogen) atoms. The van der Waals surface area contributed by atoms with Crippen LogP contribution in [0.25, 0.3) is 0 Å². The first kappa shape index (κ1) is 22.4. The molecule has 0 radical (unpaired) electrons. The minimum atomic E-state index is -0.915. The van der Waals surface area contributed by atoms with Gasteiger partial charge < -0.3 is 18.9 Å². The van der Waals surface area contributed by atoms with E-state index in [1.807, 2.05) is 6.92 Å². The van der Waals surface area contributed by atoms with E-state index in [1.54, 1.807) is 46.8 Å². The van der Waals surface area contributed by atoms with Crippen LogP contribution in [0.3, 0.4) is 0 Å². The van der Waals surface area contributed by atoms with Gasteiger partial charge in [-0.05, 0) is 53.2 Å². The lowest BCUT2D eigenvalue weighted by Gasteiger charge is -2.36. The maximum Gasteiger partial charge on any atom is 0.334 e. The molecule has 0 aromatic rings. The van der Waals surface area contributed by atoms with E-state index in [0.717, 1.165) is 0 Å². The quantitative estimate of drug-likeness (QED) is 0.503. The maximum absolute atomic E-state index is 12.8. The molecule has 0 amide bonds. The zero-order chi connectivity index (χ0) is 22.4. The van der Waals surface area contributed by atoms with E-state index >= 15 is 0 Å². The molecule has 3 rings (SSSR count). The second kappa shape index (κ2) is 7.78. The first-order valence-corrected chi connectivity index (χ1v) is 10.2. The fraction of sp³-hybridized carbons (Fsp3) is 0.609. The predicted molar refractivity (Wildman–Crippen MR) is 108 cm³/mol. The topological polar surface area (TPSA) is 88.1 Å². The summed E-state index contributed by atoms with van der Waals surface area (Å²) in [5, 5.41) is 0. The molecule has 7 heteroatoms. The van der Waals surface area contributed by atoms with Crippen molar-refractivity contribution >= 4 is 17.7 Å². The number of ketones is 1. The molecule has 2 fully saturated rings. The molecule has 5 unspecified atom stereocenters. The first-order valence-electron chi connectivity index (χ1n) is 10.2. The second-order valence-corrected chi connectivity index (χ2v) is 8.94. The Morgan fingerprint density at radius 2 is 1.97 bits per heavy atom. The normalized spacial score (nSPS) is 38.3. The number of fused-ring (bicyclic) bond motifs is 2. The van der Waals surface area contributed by atoms with Gasteiger partial charge in [-0.2, -0.15) is 0 Å². The molecule has 0 saturated carbocycles. The SMILES string of the molecule is C=C1C(=O)OC2/C=C(/C)C(=O)CC3OC(C)(C)OC3(C)CC(OC(=O)/C(C)=C/C)C12. The molecule has 0 N–H and O–H groups in total. The van der Waals surface area contributed by atoms with E-state index in [2.05, 4.69) is 6.58 Å². The van der Waals surface area contributed by atoms with Crippen molar-refractivity contribution in [1.82, 2.24) is 0 Å². The number of esters is 2. The van der Waals surface area contributed by atoms with Crippen molar-refractivity contribution in [3.05, 3.63) is 35.5 Å². The lowest BCUT2D eigenvalue weighted by atomic mass is 9.79. The predicted octanol–water partition coefficient (Wildman–Crippen LogP) is 3.18. The summed E-state index contributed by atoms with van der Waals surface area (Å²) >= 11 is 0. The highest BCUT2D eigenvalue weighted by Crippen LogP contribution is 2.45. The summed E-state index contributed by atoms with van der Waals surface area (Å²) in [6, 6.07) is 0. The van der Waals surface area contributed by atoms with Crippen LogP contribution in [-0.4, -0.2) is 47.4 Å². The molecule has 0 spiro atoms. The summed E-state index contributed by atoms with van der Waals surface area (Å²) in [6.07, 6.45) is 1.60. The van der Waals surface area contributed by atoms with Gasteiger partial charge in [0.1, 0.15) is 12.2 Å². The number of Topliss-reactive ketones (excluding diaryl/α,β-unsaturated/α-hetero) is 1. The van der Waals surface area contributed by atoms with Crippen molar-refractivity contribution in [2.45, 2.75) is 84.1 Å². The fourth-order valence-electron chi connectivity index (χ4n) is 4.39. The molecule has 1 aliphatic carbocycles. The van der Waals surface area contributed by atoms with E-state index in [0.29, 0.717) is 11.1 Å². The van der Waals surface area contributed by atoms with Gasteiger partial charge in [0.2, 0.25) is 0 Å². The van der Waals surface area contributed by atoms with Gasteiger partial charge in [-0.15, -0.1) is 0 Å². The van der Waals surface area contributed by atoms with E-state index in [9.17, 15) is 14.4 Å². The molecule has 5 atom stereocenters. The van der Waals surface area contributed by atoms with E-state index in [-0.39, 0.29) is 24.2 Å². The van der Waals surface area contributed by atoms with Crippen LogP contribution in [0, 0.1) is 5.92 Å². The summed E-state index contributed by atoms with van der Waals surface area (Å²) < 4.78 is 23.6. The third kappa shape index (κ3) is 4.14. The monoisotopic (exact) mass is 418 g/mol. The Hall–Kier alpha value is -2.25. The number of ether oxygens (including phenoxy) is 4.